The highest BCUT2D eigenvalue weighted by Gasteiger charge is 2.24. The van der Waals surface area contributed by atoms with Gasteiger partial charge < -0.3 is 9.64 Å². The Hall–Kier alpha value is -2.30. The Morgan fingerprint density at radius 3 is 2.70 bits per heavy atom. The molecule has 0 bridgehead atoms. The Bertz CT molecular complexity index is 925. The normalized spacial score (nSPS) is 16.9. The molecule has 1 unspecified atom stereocenters. The van der Waals surface area contributed by atoms with Crippen molar-refractivity contribution in [2.24, 2.45) is 0 Å². The Morgan fingerprint density at radius 2 is 1.93 bits per heavy atom. The Labute approximate surface area is 168 Å². The SMILES string of the molecule is O=C(OC1CCCN(c2ccccc2)C1)c1cccc(-c2ccc(Cl)s2)c1. The number of hydrogen-bond acceptors (Lipinski definition) is 4. The third kappa shape index (κ3) is 4.34. The molecule has 27 heavy (non-hydrogen) atoms. The number of carbonyl (C=O) groups excluding carboxylic acids is 1. The first-order valence-electron chi connectivity index (χ1n) is 9.06. The second-order valence-electron chi connectivity index (χ2n) is 6.64. The van der Waals surface area contributed by atoms with E-state index < -0.39 is 0 Å². The molecular weight excluding hydrogens is 378 g/mol. The summed E-state index contributed by atoms with van der Waals surface area (Å²) in [6.07, 6.45) is 1.82. The van der Waals surface area contributed by atoms with E-state index in [1.165, 1.54) is 17.0 Å². The van der Waals surface area contributed by atoms with Crippen molar-refractivity contribution in [2.75, 3.05) is 18.0 Å². The minimum absolute atomic E-state index is 0.0914. The van der Waals surface area contributed by atoms with Gasteiger partial charge in [0.25, 0.3) is 0 Å². The van der Waals surface area contributed by atoms with Gasteiger partial charge in [-0.2, -0.15) is 0 Å². The lowest BCUT2D eigenvalue weighted by Crippen LogP contribution is -2.40. The summed E-state index contributed by atoms with van der Waals surface area (Å²) in [7, 11) is 0. The quantitative estimate of drug-likeness (QED) is 0.514. The molecule has 1 saturated heterocycles. The molecule has 4 rings (SSSR count). The van der Waals surface area contributed by atoms with Crippen LogP contribution < -0.4 is 4.90 Å². The maximum Gasteiger partial charge on any atom is 0.338 e. The number of piperidine rings is 1. The van der Waals surface area contributed by atoms with Gasteiger partial charge in [-0.05, 0) is 54.8 Å². The number of esters is 1. The van der Waals surface area contributed by atoms with Crippen molar-refractivity contribution in [2.45, 2.75) is 18.9 Å². The molecule has 1 atom stereocenters. The lowest BCUT2D eigenvalue weighted by atomic mass is 10.1. The van der Waals surface area contributed by atoms with Gasteiger partial charge in [0.2, 0.25) is 0 Å². The number of hydrogen-bond donors (Lipinski definition) is 0. The molecule has 3 aromatic rings. The van der Waals surface area contributed by atoms with E-state index in [2.05, 4.69) is 17.0 Å². The van der Waals surface area contributed by atoms with Crippen LogP contribution >= 0.6 is 22.9 Å². The maximum atomic E-state index is 12.7. The number of thiophene rings is 1. The zero-order chi connectivity index (χ0) is 18.6. The van der Waals surface area contributed by atoms with Crippen molar-refractivity contribution in [1.82, 2.24) is 0 Å². The van der Waals surface area contributed by atoms with Gasteiger partial charge in [-0.1, -0.05) is 41.9 Å². The number of benzene rings is 2. The summed E-state index contributed by atoms with van der Waals surface area (Å²) in [4.78, 5) is 16.0. The predicted molar refractivity (Wildman–Crippen MR) is 112 cm³/mol. The molecule has 138 valence electrons. The van der Waals surface area contributed by atoms with Crippen LogP contribution in [0.5, 0.6) is 0 Å². The van der Waals surface area contributed by atoms with Crippen molar-refractivity contribution in [1.29, 1.82) is 0 Å². The molecule has 0 saturated carbocycles. The Kier molecular flexibility index (Phi) is 5.46. The average Bonchev–Trinajstić information content (AvgIpc) is 3.15. The fraction of sp³-hybridized carbons (Fsp3) is 0.227. The highest BCUT2D eigenvalue weighted by atomic mass is 35.5. The molecule has 0 N–H and O–H groups in total. The molecule has 2 heterocycles. The fourth-order valence-corrected chi connectivity index (χ4v) is 4.44. The molecule has 0 amide bonds. The van der Waals surface area contributed by atoms with E-state index in [1.54, 1.807) is 6.07 Å². The van der Waals surface area contributed by atoms with Crippen LogP contribution in [0, 0.1) is 0 Å². The molecule has 3 nitrogen and oxygen atoms in total. The van der Waals surface area contributed by atoms with Gasteiger partial charge >= 0.3 is 5.97 Å². The minimum atomic E-state index is -0.264. The van der Waals surface area contributed by atoms with Crippen molar-refractivity contribution >= 4 is 34.6 Å². The third-order valence-corrected chi connectivity index (χ3v) is 6.01. The summed E-state index contributed by atoms with van der Waals surface area (Å²) in [6.45, 7) is 1.72. The topological polar surface area (TPSA) is 29.5 Å². The molecule has 0 radical (unpaired) electrons. The van der Waals surface area contributed by atoms with Crippen LogP contribution in [0.2, 0.25) is 4.34 Å². The summed E-state index contributed by atoms with van der Waals surface area (Å²) in [5, 5.41) is 0. The van der Waals surface area contributed by atoms with Gasteiger partial charge in [0, 0.05) is 17.1 Å². The van der Waals surface area contributed by atoms with E-state index in [4.69, 9.17) is 16.3 Å². The van der Waals surface area contributed by atoms with E-state index in [0.29, 0.717) is 5.56 Å². The van der Waals surface area contributed by atoms with E-state index in [-0.39, 0.29) is 12.1 Å². The number of halogens is 1. The summed E-state index contributed by atoms with van der Waals surface area (Å²) >= 11 is 7.53. The van der Waals surface area contributed by atoms with Gasteiger partial charge in [0.15, 0.2) is 0 Å². The summed E-state index contributed by atoms with van der Waals surface area (Å²) < 4.78 is 6.56. The number of anilines is 1. The van der Waals surface area contributed by atoms with Gasteiger partial charge in [0.1, 0.15) is 6.10 Å². The molecular formula is C22H20ClNO2S. The third-order valence-electron chi connectivity index (χ3n) is 4.73. The molecule has 2 aromatic carbocycles. The van der Waals surface area contributed by atoms with E-state index in [0.717, 1.165) is 40.7 Å². The summed E-state index contributed by atoms with van der Waals surface area (Å²) in [5.74, 6) is -0.264. The fourth-order valence-electron chi connectivity index (χ4n) is 3.40. The van der Waals surface area contributed by atoms with Crippen molar-refractivity contribution in [3.05, 3.63) is 76.6 Å². The molecule has 0 aliphatic carbocycles. The summed E-state index contributed by atoms with van der Waals surface area (Å²) in [6, 6.07) is 21.7. The number of rotatable bonds is 4. The molecule has 0 spiro atoms. The second-order valence-corrected chi connectivity index (χ2v) is 8.35. The molecule has 1 fully saturated rings. The van der Waals surface area contributed by atoms with Crippen LogP contribution in [0.3, 0.4) is 0 Å². The monoisotopic (exact) mass is 397 g/mol. The van der Waals surface area contributed by atoms with Crippen LogP contribution in [0.15, 0.2) is 66.7 Å². The van der Waals surface area contributed by atoms with Crippen LogP contribution in [-0.2, 0) is 4.74 Å². The summed E-state index contributed by atoms with van der Waals surface area (Å²) in [5.41, 5.74) is 2.74. The first-order valence-corrected chi connectivity index (χ1v) is 10.3. The van der Waals surface area contributed by atoms with Crippen molar-refractivity contribution in [3.8, 4) is 10.4 Å². The van der Waals surface area contributed by atoms with E-state index in [1.807, 2.05) is 48.5 Å². The number of nitrogens with zero attached hydrogens (tertiary/aromatic N) is 1. The minimum Gasteiger partial charge on any atom is -0.457 e. The van der Waals surface area contributed by atoms with Crippen molar-refractivity contribution < 1.29 is 9.53 Å². The zero-order valence-electron chi connectivity index (χ0n) is 14.8. The molecule has 1 aliphatic heterocycles. The van der Waals surface area contributed by atoms with Crippen molar-refractivity contribution in [3.63, 3.8) is 0 Å². The number of carbonyl (C=O) groups is 1. The Balaban J connectivity index is 1.44. The van der Waals surface area contributed by atoms with Gasteiger partial charge in [-0.25, -0.2) is 4.79 Å². The number of para-hydroxylation sites is 1. The second kappa shape index (κ2) is 8.15. The maximum absolute atomic E-state index is 12.7. The molecule has 1 aromatic heterocycles. The first-order chi connectivity index (χ1) is 13.2. The van der Waals surface area contributed by atoms with Gasteiger partial charge in [-0.15, -0.1) is 11.3 Å². The van der Waals surface area contributed by atoms with Gasteiger partial charge in [0.05, 0.1) is 16.4 Å². The highest BCUT2D eigenvalue weighted by molar-refractivity contribution is 7.19. The van der Waals surface area contributed by atoms with Gasteiger partial charge in [-0.3, -0.25) is 0 Å². The van der Waals surface area contributed by atoms with E-state index in [9.17, 15) is 4.79 Å². The predicted octanol–water partition coefficient (Wildman–Crippen LogP) is 5.89. The van der Waals surface area contributed by atoms with Crippen LogP contribution in [0.1, 0.15) is 23.2 Å². The first kappa shape index (κ1) is 18.1. The smallest absolute Gasteiger partial charge is 0.338 e. The zero-order valence-corrected chi connectivity index (χ0v) is 16.4. The van der Waals surface area contributed by atoms with Crippen LogP contribution in [-0.4, -0.2) is 25.2 Å². The largest absolute Gasteiger partial charge is 0.457 e. The van der Waals surface area contributed by atoms with Crippen LogP contribution in [0.25, 0.3) is 10.4 Å². The molecule has 1 aliphatic rings. The standard InChI is InChI=1S/C22H20ClNO2S/c23-21-12-11-20(27-21)16-6-4-7-17(14-16)22(25)26-19-10-5-13-24(15-19)18-8-2-1-3-9-18/h1-4,6-9,11-12,14,19H,5,10,13,15H2. The average molecular weight is 398 g/mol. The molecule has 5 heteroatoms. The lowest BCUT2D eigenvalue weighted by Gasteiger charge is -2.34. The van der Waals surface area contributed by atoms with Crippen LogP contribution in [0.4, 0.5) is 5.69 Å². The number of ether oxygens (including phenoxy) is 1. The Morgan fingerprint density at radius 1 is 1.07 bits per heavy atom. The highest BCUT2D eigenvalue weighted by Crippen LogP contribution is 2.31. The van der Waals surface area contributed by atoms with E-state index >= 15 is 0 Å². The lowest BCUT2D eigenvalue weighted by molar-refractivity contribution is 0.0270.